The molecule has 1 aromatic heterocycles. The van der Waals surface area contributed by atoms with E-state index in [4.69, 9.17) is 9.47 Å². The average molecular weight is 724 g/mol. The Hall–Kier alpha value is -5.39. The molecule has 5 aromatic rings. The van der Waals surface area contributed by atoms with Crippen molar-refractivity contribution in [1.82, 2.24) is 20.5 Å². The van der Waals surface area contributed by atoms with Crippen LogP contribution in [0.2, 0.25) is 0 Å². The lowest BCUT2D eigenvalue weighted by atomic mass is 9.85. The maximum absolute atomic E-state index is 13.3. The molecule has 3 fully saturated rings. The lowest BCUT2D eigenvalue weighted by Crippen LogP contribution is -2.57. The van der Waals surface area contributed by atoms with E-state index in [0.717, 1.165) is 71.5 Å². The number of aliphatic hydroxyl groups excluding tert-OH is 1. The summed E-state index contributed by atoms with van der Waals surface area (Å²) in [5, 5.41) is 15.8. The number of anilines is 1. The van der Waals surface area contributed by atoms with Crippen LogP contribution in [0.1, 0.15) is 64.3 Å². The summed E-state index contributed by atoms with van der Waals surface area (Å²) in [4.78, 5) is 34.6. The predicted molar refractivity (Wildman–Crippen MR) is 206 cm³/mol. The number of aromatic nitrogens is 1. The van der Waals surface area contributed by atoms with E-state index >= 15 is 0 Å². The van der Waals surface area contributed by atoms with Gasteiger partial charge in [-0.25, -0.2) is 0 Å². The zero-order valence-electron chi connectivity index (χ0n) is 30.1. The summed E-state index contributed by atoms with van der Waals surface area (Å²) in [5.74, 6) is -0.0564. The van der Waals surface area contributed by atoms with Crippen LogP contribution in [0.5, 0.6) is 0 Å². The second kappa shape index (κ2) is 15.9. The Morgan fingerprint density at radius 1 is 0.852 bits per heavy atom. The Balaban J connectivity index is 0.983. The standard InChI is InChI=1S/C44H45N5O5/c50-29-31-14-16-33(17-15-31)40-25-39(28-48-21-18-44(19-22-48)43(52)47-30-49(44)38-12-2-1-3-13-38)53-42(54-40)36-10-5-9-35(24-36)34-8-4-7-32(23-34)26-46-41(51)37-11-6-20-45-27-37/h1-17,20,23-24,27,39-40,42,50H,18-19,21-22,25-26,28-30H2,(H,46,51)(H,47,52)/t39-,40+,42+/m0/s1. The number of piperidine rings is 1. The smallest absolute Gasteiger partial charge is 0.253 e. The van der Waals surface area contributed by atoms with E-state index in [0.29, 0.717) is 25.2 Å². The van der Waals surface area contributed by atoms with E-state index in [9.17, 15) is 14.7 Å². The van der Waals surface area contributed by atoms with Crippen molar-refractivity contribution in [2.75, 3.05) is 31.2 Å². The first-order valence-corrected chi connectivity index (χ1v) is 18.7. The van der Waals surface area contributed by atoms with Gasteiger partial charge in [0.25, 0.3) is 5.91 Å². The van der Waals surface area contributed by atoms with E-state index in [1.165, 1.54) is 0 Å². The number of benzene rings is 4. The molecule has 4 aromatic carbocycles. The number of hydrogen-bond donors (Lipinski definition) is 3. The molecule has 4 heterocycles. The lowest BCUT2D eigenvalue weighted by Gasteiger charge is -2.45. The van der Waals surface area contributed by atoms with Crippen LogP contribution in [-0.4, -0.2) is 64.8 Å². The van der Waals surface area contributed by atoms with Crippen molar-refractivity contribution < 1.29 is 24.2 Å². The minimum Gasteiger partial charge on any atom is -0.392 e. The molecular weight excluding hydrogens is 679 g/mol. The monoisotopic (exact) mass is 723 g/mol. The summed E-state index contributed by atoms with van der Waals surface area (Å²) in [7, 11) is 0. The Morgan fingerprint density at radius 3 is 2.39 bits per heavy atom. The van der Waals surface area contributed by atoms with Crippen LogP contribution in [0.4, 0.5) is 5.69 Å². The Labute approximate surface area is 315 Å². The number of amides is 2. The molecular formula is C44H45N5O5. The zero-order valence-corrected chi connectivity index (χ0v) is 30.1. The van der Waals surface area contributed by atoms with Gasteiger partial charge in [0, 0.05) is 56.2 Å². The number of likely N-dealkylation sites (tertiary alicyclic amines) is 1. The lowest BCUT2D eigenvalue weighted by molar-refractivity contribution is -0.253. The summed E-state index contributed by atoms with van der Waals surface area (Å²) in [5.41, 5.74) is 6.89. The Kier molecular flexibility index (Phi) is 10.5. The number of aliphatic hydroxyl groups is 1. The fourth-order valence-electron chi connectivity index (χ4n) is 7.97. The van der Waals surface area contributed by atoms with E-state index < -0.39 is 11.8 Å². The van der Waals surface area contributed by atoms with Gasteiger partial charge in [0.05, 0.1) is 31.0 Å². The molecule has 276 valence electrons. The van der Waals surface area contributed by atoms with Gasteiger partial charge in [0.2, 0.25) is 5.91 Å². The van der Waals surface area contributed by atoms with Crippen molar-refractivity contribution in [3.8, 4) is 11.1 Å². The normalized spacial score (nSPS) is 21.2. The highest BCUT2D eigenvalue weighted by Gasteiger charge is 2.50. The second-order valence-electron chi connectivity index (χ2n) is 14.4. The number of nitrogens with zero attached hydrogens (tertiary/aromatic N) is 3. The minimum absolute atomic E-state index is 0.0127. The van der Waals surface area contributed by atoms with Crippen molar-refractivity contribution in [3.63, 3.8) is 0 Å². The molecule has 1 spiro atoms. The predicted octanol–water partition coefficient (Wildman–Crippen LogP) is 6.14. The number of hydrogen-bond acceptors (Lipinski definition) is 8. The third-order valence-electron chi connectivity index (χ3n) is 11.0. The molecule has 3 aliphatic heterocycles. The molecule has 3 N–H and O–H groups in total. The average Bonchev–Trinajstić information content (AvgIpc) is 3.55. The van der Waals surface area contributed by atoms with Gasteiger partial charge in [0.15, 0.2) is 6.29 Å². The SMILES string of the molecule is O=C(NCc1cccc(-c2cccc([C@@H]3O[C@H](CN4CCC5(CC4)C(=O)NCN5c4ccccc4)C[C@H](c4ccc(CO)cc4)O3)c2)c1)c1cccnc1. The minimum atomic E-state index is -0.599. The molecule has 10 heteroatoms. The quantitative estimate of drug-likeness (QED) is 0.157. The molecule has 0 unspecified atom stereocenters. The number of carbonyl (C=O) groups excluding carboxylic acids is 2. The van der Waals surface area contributed by atoms with Crippen LogP contribution in [0.25, 0.3) is 11.1 Å². The molecule has 3 atom stereocenters. The van der Waals surface area contributed by atoms with E-state index in [1.54, 1.807) is 24.5 Å². The molecule has 0 bridgehead atoms. The van der Waals surface area contributed by atoms with Gasteiger partial charge < -0.3 is 35.0 Å². The highest BCUT2D eigenvalue weighted by atomic mass is 16.7. The van der Waals surface area contributed by atoms with Crippen LogP contribution in [-0.2, 0) is 27.4 Å². The zero-order chi connectivity index (χ0) is 36.9. The van der Waals surface area contributed by atoms with Crippen LogP contribution in [0.15, 0.2) is 128 Å². The van der Waals surface area contributed by atoms with E-state index in [2.05, 4.69) is 61.8 Å². The summed E-state index contributed by atoms with van der Waals surface area (Å²) in [6.45, 7) is 3.19. The topological polar surface area (TPSA) is 116 Å². The molecule has 3 saturated heterocycles. The first-order chi connectivity index (χ1) is 26.5. The van der Waals surface area contributed by atoms with E-state index in [1.807, 2.05) is 66.7 Å². The largest absolute Gasteiger partial charge is 0.392 e. The fraction of sp³-hybridized carbons (Fsp3) is 0.295. The molecule has 2 amide bonds. The molecule has 10 nitrogen and oxygen atoms in total. The van der Waals surface area contributed by atoms with Gasteiger partial charge in [-0.2, -0.15) is 0 Å². The first-order valence-electron chi connectivity index (χ1n) is 18.7. The van der Waals surface area contributed by atoms with Crippen molar-refractivity contribution >= 4 is 17.5 Å². The number of nitrogens with one attached hydrogen (secondary N) is 2. The van der Waals surface area contributed by atoms with Gasteiger partial charge in [-0.15, -0.1) is 0 Å². The van der Waals surface area contributed by atoms with Gasteiger partial charge in [-0.1, -0.05) is 78.9 Å². The van der Waals surface area contributed by atoms with Crippen LogP contribution in [0, 0.1) is 0 Å². The fourth-order valence-corrected chi connectivity index (χ4v) is 7.97. The molecule has 0 saturated carbocycles. The molecule has 0 radical (unpaired) electrons. The third kappa shape index (κ3) is 7.65. The number of ether oxygens (including phenoxy) is 2. The highest BCUT2D eigenvalue weighted by Crippen LogP contribution is 2.41. The molecule has 8 rings (SSSR count). The number of pyridine rings is 1. The third-order valence-corrected chi connectivity index (χ3v) is 11.0. The Morgan fingerprint density at radius 2 is 1.63 bits per heavy atom. The first kappa shape index (κ1) is 35.6. The maximum atomic E-state index is 13.3. The van der Waals surface area contributed by atoms with Crippen molar-refractivity contribution in [2.45, 2.75) is 56.5 Å². The number of rotatable bonds is 10. The van der Waals surface area contributed by atoms with Gasteiger partial charge >= 0.3 is 0 Å². The van der Waals surface area contributed by atoms with Crippen molar-refractivity contribution in [3.05, 3.63) is 155 Å². The Bertz CT molecular complexity index is 2050. The second-order valence-corrected chi connectivity index (χ2v) is 14.4. The maximum Gasteiger partial charge on any atom is 0.253 e. The van der Waals surface area contributed by atoms with Gasteiger partial charge in [-0.05, 0) is 77.1 Å². The summed E-state index contributed by atoms with van der Waals surface area (Å²) < 4.78 is 13.5. The van der Waals surface area contributed by atoms with Crippen molar-refractivity contribution in [1.29, 1.82) is 0 Å². The number of carbonyl (C=O) groups is 2. The molecule has 54 heavy (non-hydrogen) atoms. The molecule has 0 aliphatic carbocycles. The molecule has 3 aliphatic rings. The summed E-state index contributed by atoms with van der Waals surface area (Å²) in [6, 6.07) is 38.1. The van der Waals surface area contributed by atoms with Crippen molar-refractivity contribution in [2.24, 2.45) is 0 Å². The number of para-hydroxylation sites is 1. The summed E-state index contributed by atoms with van der Waals surface area (Å²) >= 11 is 0. The highest BCUT2D eigenvalue weighted by molar-refractivity contribution is 5.94. The van der Waals surface area contributed by atoms with Crippen LogP contribution in [0.3, 0.4) is 0 Å². The van der Waals surface area contributed by atoms with Gasteiger partial charge in [0.1, 0.15) is 5.54 Å². The van der Waals surface area contributed by atoms with Gasteiger partial charge in [-0.3, -0.25) is 14.6 Å². The van der Waals surface area contributed by atoms with Crippen LogP contribution < -0.4 is 15.5 Å². The summed E-state index contributed by atoms with van der Waals surface area (Å²) in [6.07, 6.45) is 4.44. The van der Waals surface area contributed by atoms with E-state index in [-0.39, 0.29) is 30.6 Å². The van der Waals surface area contributed by atoms with Crippen LogP contribution >= 0.6 is 0 Å².